The lowest BCUT2D eigenvalue weighted by Gasteiger charge is -2.25. The molecule has 5 heteroatoms. The van der Waals surface area contributed by atoms with Gasteiger partial charge in [0.1, 0.15) is 11.4 Å². The van der Waals surface area contributed by atoms with Gasteiger partial charge in [0.25, 0.3) is 5.91 Å². The Hall–Kier alpha value is -1.26. The van der Waals surface area contributed by atoms with Crippen molar-refractivity contribution in [1.29, 1.82) is 0 Å². The highest BCUT2D eigenvalue weighted by molar-refractivity contribution is 6.32. The maximum absolute atomic E-state index is 12.1. The van der Waals surface area contributed by atoms with E-state index in [1.165, 1.54) is 7.11 Å². The first-order valence-corrected chi connectivity index (χ1v) is 6.04. The fourth-order valence-electron chi connectivity index (χ4n) is 1.41. The van der Waals surface area contributed by atoms with E-state index in [9.17, 15) is 4.79 Å². The quantitative estimate of drug-likeness (QED) is 0.895. The molecule has 1 aromatic carbocycles. The molecular formula is C13H18ClNO3. The molecule has 0 saturated heterocycles. The Kier molecular flexibility index (Phi) is 4.99. The zero-order chi connectivity index (χ0) is 13.8. The number of hydrogen-bond donors (Lipinski definition) is 1. The lowest BCUT2D eigenvalue weighted by Crippen LogP contribution is -2.41. The standard InChI is InChI=1S/C13H18ClNO3/c1-5-13(2,18-4)12(16)15-9-6-7-11(17-3)10(14)8-9/h6-8H,5H2,1-4H3,(H,15,16)/t13-/m1/s1. The van der Waals surface area contributed by atoms with Crippen LogP contribution in [0, 0.1) is 0 Å². The maximum Gasteiger partial charge on any atom is 0.256 e. The molecule has 18 heavy (non-hydrogen) atoms. The van der Waals surface area contributed by atoms with Gasteiger partial charge in [0.05, 0.1) is 12.1 Å². The van der Waals surface area contributed by atoms with Crippen molar-refractivity contribution >= 4 is 23.2 Å². The number of anilines is 1. The van der Waals surface area contributed by atoms with Crippen LogP contribution in [0.5, 0.6) is 5.75 Å². The monoisotopic (exact) mass is 271 g/mol. The molecule has 0 heterocycles. The molecule has 0 aliphatic heterocycles. The van der Waals surface area contributed by atoms with Gasteiger partial charge >= 0.3 is 0 Å². The number of halogens is 1. The van der Waals surface area contributed by atoms with Crippen molar-refractivity contribution in [3.8, 4) is 5.75 Å². The van der Waals surface area contributed by atoms with E-state index >= 15 is 0 Å². The molecule has 4 nitrogen and oxygen atoms in total. The first-order valence-electron chi connectivity index (χ1n) is 5.67. The van der Waals surface area contributed by atoms with Crippen molar-refractivity contribution in [2.45, 2.75) is 25.9 Å². The second-order valence-corrected chi connectivity index (χ2v) is 4.50. The number of benzene rings is 1. The molecule has 1 N–H and O–H groups in total. The van der Waals surface area contributed by atoms with Crippen molar-refractivity contribution in [1.82, 2.24) is 0 Å². The molecule has 0 bridgehead atoms. The molecule has 0 aliphatic rings. The lowest BCUT2D eigenvalue weighted by atomic mass is 10.0. The summed E-state index contributed by atoms with van der Waals surface area (Å²) in [5.74, 6) is 0.369. The molecule has 1 aromatic rings. The number of rotatable bonds is 5. The van der Waals surface area contributed by atoms with Gasteiger partial charge in [-0.2, -0.15) is 0 Å². The second kappa shape index (κ2) is 6.07. The normalized spacial score (nSPS) is 13.8. The number of methoxy groups -OCH3 is 2. The molecule has 1 rings (SSSR count). The largest absolute Gasteiger partial charge is 0.495 e. The summed E-state index contributed by atoms with van der Waals surface area (Å²) in [7, 11) is 3.06. The summed E-state index contributed by atoms with van der Waals surface area (Å²) in [6.45, 7) is 3.64. The average Bonchev–Trinajstić information content (AvgIpc) is 2.38. The molecule has 1 amide bonds. The smallest absolute Gasteiger partial charge is 0.256 e. The number of nitrogens with one attached hydrogen (secondary N) is 1. The minimum atomic E-state index is -0.841. The SMILES string of the molecule is CC[C@@](C)(OC)C(=O)Nc1ccc(OC)c(Cl)c1. The van der Waals surface area contributed by atoms with Crippen molar-refractivity contribution < 1.29 is 14.3 Å². The van der Waals surface area contributed by atoms with Crippen LogP contribution < -0.4 is 10.1 Å². The van der Waals surface area contributed by atoms with Crippen LogP contribution in [0.4, 0.5) is 5.69 Å². The zero-order valence-electron chi connectivity index (χ0n) is 11.0. The Morgan fingerprint density at radius 2 is 2.11 bits per heavy atom. The van der Waals surface area contributed by atoms with Crippen LogP contribution in [0.15, 0.2) is 18.2 Å². The summed E-state index contributed by atoms with van der Waals surface area (Å²) in [6, 6.07) is 5.08. The van der Waals surface area contributed by atoms with Gasteiger partial charge in [-0.25, -0.2) is 0 Å². The maximum atomic E-state index is 12.1. The highest BCUT2D eigenvalue weighted by atomic mass is 35.5. The Balaban J connectivity index is 2.85. The van der Waals surface area contributed by atoms with Crippen LogP contribution in [0.3, 0.4) is 0 Å². The van der Waals surface area contributed by atoms with Gasteiger partial charge in [-0.1, -0.05) is 18.5 Å². The third kappa shape index (κ3) is 3.15. The number of hydrogen-bond acceptors (Lipinski definition) is 3. The summed E-state index contributed by atoms with van der Waals surface area (Å²) in [5.41, 5.74) is -0.227. The number of carbonyl (C=O) groups excluding carboxylic acids is 1. The Labute approximate surface area is 112 Å². The molecule has 0 aliphatic carbocycles. The molecule has 0 radical (unpaired) electrons. The van der Waals surface area contributed by atoms with E-state index in [1.807, 2.05) is 6.92 Å². The van der Waals surface area contributed by atoms with Crippen molar-refractivity contribution in [2.75, 3.05) is 19.5 Å². The van der Waals surface area contributed by atoms with Crippen LogP contribution in [0.25, 0.3) is 0 Å². The van der Waals surface area contributed by atoms with Gasteiger partial charge in [0, 0.05) is 12.8 Å². The van der Waals surface area contributed by atoms with E-state index in [0.29, 0.717) is 22.9 Å². The van der Waals surface area contributed by atoms with Crippen LogP contribution in [0.1, 0.15) is 20.3 Å². The number of carbonyl (C=O) groups is 1. The highest BCUT2D eigenvalue weighted by Crippen LogP contribution is 2.28. The van der Waals surface area contributed by atoms with Crippen LogP contribution in [-0.2, 0) is 9.53 Å². The van der Waals surface area contributed by atoms with E-state index in [1.54, 1.807) is 32.2 Å². The van der Waals surface area contributed by atoms with Gasteiger partial charge in [-0.15, -0.1) is 0 Å². The molecule has 1 atom stereocenters. The number of amides is 1. The molecule has 0 unspecified atom stereocenters. The van der Waals surface area contributed by atoms with E-state index in [0.717, 1.165) is 0 Å². The first-order chi connectivity index (χ1) is 8.46. The van der Waals surface area contributed by atoms with Gasteiger partial charge in [0.15, 0.2) is 0 Å². The van der Waals surface area contributed by atoms with Crippen molar-refractivity contribution in [3.63, 3.8) is 0 Å². The summed E-state index contributed by atoms with van der Waals surface area (Å²) >= 11 is 5.99. The summed E-state index contributed by atoms with van der Waals surface area (Å²) < 4.78 is 10.3. The van der Waals surface area contributed by atoms with E-state index in [2.05, 4.69) is 5.32 Å². The van der Waals surface area contributed by atoms with E-state index in [4.69, 9.17) is 21.1 Å². The minimum absolute atomic E-state index is 0.200. The third-order valence-electron chi connectivity index (χ3n) is 3.02. The lowest BCUT2D eigenvalue weighted by molar-refractivity contribution is -0.136. The predicted octanol–water partition coefficient (Wildman–Crippen LogP) is 3.10. The molecule has 0 fully saturated rings. The molecular weight excluding hydrogens is 254 g/mol. The average molecular weight is 272 g/mol. The van der Waals surface area contributed by atoms with Crippen molar-refractivity contribution in [3.05, 3.63) is 23.2 Å². The minimum Gasteiger partial charge on any atom is -0.495 e. The topological polar surface area (TPSA) is 47.6 Å². The highest BCUT2D eigenvalue weighted by Gasteiger charge is 2.30. The van der Waals surface area contributed by atoms with E-state index in [-0.39, 0.29) is 5.91 Å². The Bertz CT molecular complexity index is 430. The van der Waals surface area contributed by atoms with Crippen LogP contribution in [0.2, 0.25) is 5.02 Å². The second-order valence-electron chi connectivity index (χ2n) is 4.09. The summed E-state index contributed by atoms with van der Waals surface area (Å²) in [4.78, 5) is 12.1. The molecule has 0 aromatic heterocycles. The third-order valence-corrected chi connectivity index (χ3v) is 3.31. The van der Waals surface area contributed by atoms with Gasteiger partial charge < -0.3 is 14.8 Å². The summed E-state index contributed by atoms with van der Waals surface area (Å²) in [5, 5.41) is 3.22. The Morgan fingerprint density at radius 1 is 1.44 bits per heavy atom. The number of ether oxygens (including phenoxy) is 2. The fraction of sp³-hybridized carbons (Fsp3) is 0.462. The summed E-state index contributed by atoms with van der Waals surface area (Å²) in [6.07, 6.45) is 0.583. The predicted molar refractivity (Wildman–Crippen MR) is 72.3 cm³/mol. The van der Waals surface area contributed by atoms with Gasteiger partial charge in [-0.3, -0.25) is 4.79 Å². The first kappa shape index (κ1) is 14.8. The van der Waals surface area contributed by atoms with Crippen LogP contribution >= 0.6 is 11.6 Å². The van der Waals surface area contributed by atoms with Gasteiger partial charge in [-0.05, 0) is 31.5 Å². The molecule has 0 spiro atoms. The van der Waals surface area contributed by atoms with Crippen LogP contribution in [-0.4, -0.2) is 25.7 Å². The van der Waals surface area contributed by atoms with Crippen molar-refractivity contribution in [2.24, 2.45) is 0 Å². The zero-order valence-corrected chi connectivity index (χ0v) is 11.8. The molecule has 0 saturated carbocycles. The van der Waals surface area contributed by atoms with Gasteiger partial charge in [0.2, 0.25) is 0 Å². The Morgan fingerprint density at radius 3 is 2.56 bits per heavy atom. The molecule has 100 valence electrons. The van der Waals surface area contributed by atoms with E-state index < -0.39 is 5.60 Å². The fourth-order valence-corrected chi connectivity index (χ4v) is 1.66.